The molecule has 0 N–H and O–H groups in total. The van der Waals surface area contributed by atoms with E-state index in [1.807, 2.05) is 12.1 Å². The lowest BCUT2D eigenvalue weighted by atomic mass is 10.0. The maximum atomic E-state index is 6.26. The topological polar surface area (TPSA) is 23.0 Å². The molecule has 0 aliphatic carbocycles. The van der Waals surface area contributed by atoms with Crippen molar-refractivity contribution < 1.29 is 4.42 Å². The summed E-state index contributed by atoms with van der Waals surface area (Å²) in [6.45, 7) is 0. The van der Waals surface area contributed by atoms with Crippen LogP contribution in [-0.4, -0.2) is 9.13 Å². The highest BCUT2D eigenvalue weighted by Crippen LogP contribution is 2.41. The predicted molar refractivity (Wildman–Crippen MR) is 205 cm³/mol. The van der Waals surface area contributed by atoms with Gasteiger partial charge in [0.15, 0.2) is 0 Å². The summed E-state index contributed by atoms with van der Waals surface area (Å²) < 4.78 is 11.1. The molecule has 3 heteroatoms. The fraction of sp³-hybridized carbons (Fsp3) is 0. The Kier molecular flexibility index (Phi) is 5.38. The van der Waals surface area contributed by atoms with Crippen LogP contribution >= 0.6 is 0 Å². The zero-order valence-corrected chi connectivity index (χ0v) is 26.5. The van der Waals surface area contributed by atoms with E-state index in [2.05, 4.69) is 167 Å². The Balaban J connectivity index is 1.19. The summed E-state index contributed by atoms with van der Waals surface area (Å²) in [4.78, 5) is 0. The second kappa shape index (κ2) is 9.96. The zero-order chi connectivity index (χ0) is 32.1. The van der Waals surface area contributed by atoms with Crippen LogP contribution < -0.4 is 0 Å². The number of aromatic nitrogens is 2. The Morgan fingerprint density at radius 2 is 0.918 bits per heavy atom. The lowest BCUT2D eigenvalue weighted by Crippen LogP contribution is -1.96. The summed E-state index contributed by atoms with van der Waals surface area (Å²) in [5.41, 5.74) is 11.2. The monoisotopic (exact) mass is 624 g/mol. The molecule has 0 unspecified atom stereocenters. The maximum absolute atomic E-state index is 6.26. The number of benzene rings is 8. The minimum atomic E-state index is 0.907. The van der Waals surface area contributed by atoms with Gasteiger partial charge in [0, 0.05) is 43.7 Å². The van der Waals surface area contributed by atoms with Gasteiger partial charge in [-0.05, 0) is 94.7 Å². The molecule has 11 aromatic rings. The Morgan fingerprint density at radius 1 is 0.306 bits per heavy atom. The number of fused-ring (bicyclic) bond motifs is 10. The molecule has 3 aromatic heterocycles. The summed E-state index contributed by atoms with van der Waals surface area (Å²) in [5, 5.41) is 9.80. The summed E-state index contributed by atoms with van der Waals surface area (Å²) in [6.07, 6.45) is 0. The Bertz CT molecular complexity index is 3100. The molecular formula is C46H28N2O. The first kappa shape index (κ1) is 26.5. The Labute approximate surface area is 281 Å². The van der Waals surface area contributed by atoms with Gasteiger partial charge in [0.05, 0.1) is 22.1 Å². The van der Waals surface area contributed by atoms with Gasteiger partial charge < -0.3 is 13.6 Å². The van der Waals surface area contributed by atoms with E-state index in [-0.39, 0.29) is 0 Å². The number of hydrogen-bond donors (Lipinski definition) is 0. The SMILES string of the molecule is c1ccc(-n2c3cc4ccccc4cc3c3cc4c5ccccc5n(-c5cccc(-c6ccc7c(c6)oc6ccccc67)c5)c4cc32)cc1. The van der Waals surface area contributed by atoms with Gasteiger partial charge in [-0.3, -0.25) is 0 Å². The largest absolute Gasteiger partial charge is 0.456 e. The molecule has 0 aliphatic heterocycles. The highest BCUT2D eigenvalue weighted by molar-refractivity contribution is 6.20. The highest BCUT2D eigenvalue weighted by Gasteiger charge is 2.19. The van der Waals surface area contributed by atoms with Gasteiger partial charge in [0.1, 0.15) is 11.2 Å². The van der Waals surface area contributed by atoms with Crippen molar-refractivity contribution in [3.63, 3.8) is 0 Å². The van der Waals surface area contributed by atoms with Gasteiger partial charge in [0.25, 0.3) is 0 Å². The quantitative estimate of drug-likeness (QED) is 0.192. The van der Waals surface area contributed by atoms with E-state index in [0.29, 0.717) is 0 Å². The van der Waals surface area contributed by atoms with Crippen molar-refractivity contribution in [1.29, 1.82) is 0 Å². The van der Waals surface area contributed by atoms with E-state index < -0.39 is 0 Å². The summed E-state index contributed by atoms with van der Waals surface area (Å²) in [5.74, 6) is 0. The highest BCUT2D eigenvalue weighted by atomic mass is 16.3. The molecule has 3 nitrogen and oxygen atoms in total. The van der Waals surface area contributed by atoms with E-state index in [1.165, 1.54) is 54.4 Å². The van der Waals surface area contributed by atoms with Gasteiger partial charge in [-0.15, -0.1) is 0 Å². The molecule has 11 rings (SSSR count). The van der Waals surface area contributed by atoms with Crippen LogP contribution in [0.3, 0.4) is 0 Å². The fourth-order valence-corrected chi connectivity index (χ4v) is 8.03. The van der Waals surface area contributed by atoms with Gasteiger partial charge in [-0.1, -0.05) is 97.1 Å². The van der Waals surface area contributed by atoms with Gasteiger partial charge in [-0.2, -0.15) is 0 Å². The third kappa shape index (κ3) is 3.84. The lowest BCUT2D eigenvalue weighted by molar-refractivity contribution is 0.669. The minimum Gasteiger partial charge on any atom is -0.456 e. The van der Waals surface area contributed by atoms with Crippen molar-refractivity contribution in [3.05, 3.63) is 170 Å². The molecule has 0 fully saturated rings. The summed E-state index contributed by atoms with van der Waals surface area (Å²) in [7, 11) is 0. The first-order chi connectivity index (χ1) is 24.3. The minimum absolute atomic E-state index is 0.907. The molecule has 0 bridgehead atoms. The number of para-hydroxylation sites is 3. The molecule has 0 atom stereocenters. The molecule has 3 heterocycles. The fourth-order valence-electron chi connectivity index (χ4n) is 8.03. The van der Waals surface area contributed by atoms with E-state index in [9.17, 15) is 0 Å². The van der Waals surface area contributed by atoms with Gasteiger partial charge in [-0.25, -0.2) is 0 Å². The molecule has 8 aromatic carbocycles. The van der Waals surface area contributed by atoms with Gasteiger partial charge >= 0.3 is 0 Å². The average molecular weight is 625 g/mol. The normalized spacial score (nSPS) is 12.1. The van der Waals surface area contributed by atoms with Crippen molar-refractivity contribution in [3.8, 4) is 22.5 Å². The van der Waals surface area contributed by atoms with E-state index in [0.717, 1.165) is 44.4 Å². The van der Waals surface area contributed by atoms with Crippen LogP contribution in [0.4, 0.5) is 0 Å². The van der Waals surface area contributed by atoms with Gasteiger partial charge in [0.2, 0.25) is 0 Å². The molecule has 0 aliphatic rings. The van der Waals surface area contributed by atoms with E-state index in [1.54, 1.807) is 0 Å². The van der Waals surface area contributed by atoms with E-state index in [4.69, 9.17) is 4.42 Å². The number of hydrogen-bond acceptors (Lipinski definition) is 1. The standard InChI is InChI=1S/C46H28N2O/c1-2-14-33(15-3-1)47-42-25-31-12-5-4-11-30(31)24-38(42)40-27-39-35-17-6-8-19-41(35)48(43(39)28-44(40)47)34-16-10-13-29(23-34)32-21-22-37-36-18-7-9-20-45(36)49-46(37)26-32/h1-28H. The first-order valence-electron chi connectivity index (χ1n) is 16.8. The number of nitrogens with zero attached hydrogens (tertiary/aromatic N) is 2. The molecule has 0 radical (unpaired) electrons. The molecule has 49 heavy (non-hydrogen) atoms. The zero-order valence-electron chi connectivity index (χ0n) is 26.5. The number of furan rings is 1. The van der Waals surface area contributed by atoms with Crippen LogP contribution in [0.15, 0.2) is 174 Å². The third-order valence-electron chi connectivity index (χ3n) is 10.3. The third-order valence-corrected chi connectivity index (χ3v) is 10.3. The van der Waals surface area contributed by atoms with Crippen molar-refractivity contribution in [1.82, 2.24) is 9.13 Å². The van der Waals surface area contributed by atoms with Crippen LogP contribution in [0.2, 0.25) is 0 Å². The van der Waals surface area contributed by atoms with Crippen LogP contribution in [0, 0.1) is 0 Å². The first-order valence-corrected chi connectivity index (χ1v) is 16.8. The van der Waals surface area contributed by atoms with Crippen molar-refractivity contribution in [2.24, 2.45) is 0 Å². The van der Waals surface area contributed by atoms with Crippen LogP contribution in [0.1, 0.15) is 0 Å². The Hall–Kier alpha value is -6.58. The summed E-state index contributed by atoms with van der Waals surface area (Å²) >= 11 is 0. The second-order valence-electron chi connectivity index (χ2n) is 13.0. The van der Waals surface area contributed by atoms with Crippen molar-refractivity contribution in [2.45, 2.75) is 0 Å². The van der Waals surface area contributed by atoms with Crippen molar-refractivity contribution >= 4 is 76.3 Å². The second-order valence-corrected chi connectivity index (χ2v) is 13.0. The molecule has 0 saturated heterocycles. The smallest absolute Gasteiger partial charge is 0.136 e. The van der Waals surface area contributed by atoms with Crippen LogP contribution in [0.25, 0.3) is 98.8 Å². The lowest BCUT2D eigenvalue weighted by Gasteiger charge is -2.12. The molecule has 0 amide bonds. The summed E-state index contributed by atoms with van der Waals surface area (Å²) in [6, 6.07) is 61.4. The predicted octanol–water partition coefficient (Wildman–Crippen LogP) is 12.6. The molecule has 228 valence electrons. The molecule has 0 saturated carbocycles. The van der Waals surface area contributed by atoms with Crippen LogP contribution in [0.5, 0.6) is 0 Å². The maximum Gasteiger partial charge on any atom is 0.136 e. The van der Waals surface area contributed by atoms with Crippen molar-refractivity contribution in [2.75, 3.05) is 0 Å². The van der Waals surface area contributed by atoms with Crippen LogP contribution in [-0.2, 0) is 0 Å². The van der Waals surface area contributed by atoms with E-state index >= 15 is 0 Å². The molecule has 0 spiro atoms. The average Bonchev–Trinajstić information content (AvgIpc) is 3.80. The molecular weight excluding hydrogens is 597 g/mol. The Morgan fingerprint density at radius 3 is 1.80 bits per heavy atom. The number of rotatable bonds is 3.